The van der Waals surface area contributed by atoms with Crippen molar-refractivity contribution in [3.63, 3.8) is 0 Å². The molecule has 0 unspecified atom stereocenters. The molecule has 26 heavy (non-hydrogen) atoms. The van der Waals surface area contributed by atoms with Crippen LogP contribution in [-0.2, 0) is 16.6 Å². The van der Waals surface area contributed by atoms with Crippen LogP contribution in [0.3, 0.4) is 0 Å². The van der Waals surface area contributed by atoms with Crippen LogP contribution in [0.4, 0.5) is 4.39 Å². The molecule has 0 aliphatic rings. The zero-order valence-electron chi connectivity index (χ0n) is 14.2. The van der Waals surface area contributed by atoms with E-state index >= 15 is 0 Å². The van der Waals surface area contributed by atoms with Crippen molar-refractivity contribution in [3.05, 3.63) is 65.6 Å². The van der Waals surface area contributed by atoms with Crippen LogP contribution in [-0.4, -0.2) is 20.7 Å². The maximum atomic E-state index is 12.9. The van der Waals surface area contributed by atoms with Crippen LogP contribution in [0.2, 0.25) is 0 Å². The standard InChI is InChI=1S/C18H17FN2O4S/c1-12-9-16(25-21-12)14-5-8-18(17(10-14)24-2)26(22,23)20-11-13-3-6-15(19)7-4-13/h3-10,20H,11H2,1-2H3. The van der Waals surface area contributed by atoms with Gasteiger partial charge in [0.25, 0.3) is 0 Å². The molecule has 6 nitrogen and oxygen atoms in total. The minimum atomic E-state index is -3.82. The number of nitrogens with zero attached hydrogens (tertiary/aromatic N) is 1. The van der Waals surface area contributed by atoms with Gasteiger partial charge in [-0.15, -0.1) is 0 Å². The van der Waals surface area contributed by atoms with E-state index in [1.807, 2.05) is 0 Å². The third-order valence-corrected chi connectivity index (χ3v) is 5.19. The minimum absolute atomic E-state index is 0.00194. The fourth-order valence-corrected chi connectivity index (χ4v) is 3.57. The van der Waals surface area contributed by atoms with Gasteiger partial charge < -0.3 is 9.26 Å². The fraction of sp³-hybridized carbons (Fsp3) is 0.167. The highest BCUT2D eigenvalue weighted by Gasteiger charge is 2.20. The van der Waals surface area contributed by atoms with Crippen LogP contribution in [0, 0.1) is 12.7 Å². The first-order chi connectivity index (χ1) is 12.4. The zero-order valence-corrected chi connectivity index (χ0v) is 15.0. The number of halogens is 1. The monoisotopic (exact) mass is 376 g/mol. The van der Waals surface area contributed by atoms with Gasteiger partial charge in [-0.1, -0.05) is 17.3 Å². The van der Waals surface area contributed by atoms with Gasteiger partial charge in [-0.25, -0.2) is 17.5 Å². The maximum absolute atomic E-state index is 12.9. The quantitative estimate of drug-likeness (QED) is 0.714. The lowest BCUT2D eigenvalue weighted by Crippen LogP contribution is -2.23. The summed E-state index contributed by atoms with van der Waals surface area (Å²) < 4.78 is 51.1. The molecular weight excluding hydrogens is 359 g/mol. The van der Waals surface area contributed by atoms with E-state index in [1.54, 1.807) is 25.1 Å². The molecule has 0 aliphatic heterocycles. The average Bonchev–Trinajstić information content (AvgIpc) is 3.07. The Morgan fingerprint density at radius 3 is 2.50 bits per heavy atom. The van der Waals surface area contributed by atoms with Crippen molar-refractivity contribution >= 4 is 10.0 Å². The summed E-state index contributed by atoms with van der Waals surface area (Å²) in [4.78, 5) is 0.00194. The van der Waals surface area contributed by atoms with Crippen LogP contribution < -0.4 is 9.46 Å². The van der Waals surface area contributed by atoms with Crippen LogP contribution in [0.1, 0.15) is 11.3 Å². The normalized spacial score (nSPS) is 11.5. The fourth-order valence-electron chi connectivity index (χ4n) is 2.40. The molecule has 0 saturated heterocycles. The topological polar surface area (TPSA) is 81.4 Å². The number of nitrogens with one attached hydrogen (secondary N) is 1. The molecule has 0 fully saturated rings. The Morgan fingerprint density at radius 1 is 1.15 bits per heavy atom. The highest BCUT2D eigenvalue weighted by Crippen LogP contribution is 2.30. The highest BCUT2D eigenvalue weighted by atomic mass is 32.2. The number of benzene rings is 2. The van der Waals surface area contributed by atoms with Crippen LogP contribution >= 0.6 is 0 Å². The molecule has 0 bridgehead atoms. The molecule has 2 aromatic carbocycles. The molecule has 0 radical (unpaired) electrons. The van der Waals surface area contributed by atoms with E-state index in [-0.39, 0.29) is 23.0 Å². The van der Waals surface area contributed by atoms with Gasteiger partial charge in [0.05, 0.1) is 12.8 Å². The van der Waals surface area contributed by atoms with E-state index in [9.17, 15) is 12.8 Å². The van der Waals surface area contributed by atoms with Crippen molar-refractivity contribution in [2.45, 2.75) is 18.4 Å². The number of ether oxygens (including phenoxy) is 1. The van der Waals surface area contributed by atoms with Gasteiger partial charge in [0.15, 0.2) is 5.76 Å². The molecule has 8 heteroatoms. The molecule has 0 aliphatic carbocycles. The van der Waals surface area contributed by atoms with Crippen molar-refractivity contribution in [2.24, 2.45) is 0 Å². The maximum Gasteiger partial charge on any atom is 0.244 e. The molecule has 1 heterocycles. The largest absolute Gasteiger partial charge is 0.495 e. The molecule has 3 aromatic rings. The molecule has 0 saturated carbocycles. The Bertz CT molecular complexity index is 1010. The molecule has 1 N–H and O–H groups in total. The first kappa shape index (κ1) is 18.1. The summed E-state index contributed by atoms with van der Waals surface area (Å²) in [6.07, 6.45) is 0. The van der Waals surface area contributed by atoms with Gasteiger partial charge in [0.2, 0.25) is 10.0 Å². The summed E-state index contributed by atoms with van der Waals surface area (Å²) in [5.74, 6) is 0.323. The smallest absolute Gasteiger partial charge is 0.244 e. The minimum Gasteiger partial charge on any atom is -0.495 e. The van der Waals surface area contributed by atoms with E-state index in [0.717, 1.165) is 5.69 Å². The SMILES string of the molecule is COc1cc(-c2cc(C)no2)ccc1S(=O)(=O)NCc1ccc(F)cc1. The van der Waals surface area contributed by atoms with E-state index in [1.165, 1.54) is 37.4 Å². The average molecular weight is 376 g/mol. The lowest BCUT2D eigenvalue weighted by molar-refractivity contribution is 0.401. The third-order valence-electron chi connectivity index (χ3n) is 3.75. The molecule has 1 aromatic heterocycles. The number of rotatable bonds is 6. The summed E-state index contributed by atoms with van der Waals surface area (Å²) in [6.45, 7) is 1.83. The van der Waals surface area contributed by atoms with Gasteiger partial charge in [-0.05, 0) is 42.8 Å². The molecular formula is C18H17FN2O4S. The lowest BCUT2D eigenvalue weighted by atomic mass is 10.1. The van der Waals surface area contributed by atoms with Crippen molar-refractivity contribution in [2.75, 3.05) is 7.11 Å². The zero-order chi connectivity index (χ0) is 18.7. The Morgan fingerprint density at radius 2 is 1.88 bits per heavy atom. The van der Waals surface area contributed by atoms with Gasteiger partial charge in [-0.2, -0.15) is 0 Å². The van der Waals surface area contributed by atoms with Crippen molar-refractivity contribution in [3.8, 4) is 17.1 Å². The highest BCUT2D eigenvalue weighted by molar-refractivity contribution is 7.89. The second kappa shape index (κ2) is 7.27. The summed E-state index contributed by atoms with van der Waals surface area (Å²) in [7, 11) is -2.43. The summed E-state index contributed by atoms with van der Waals surface area (Å²) in [5, 5.41) is 3.82. The third kappa shape index (κ3) is 3.92. The summed E-state index contributed by atoms with van der Waals surface area (Å²) in [6, 6.07) is 12.0. The number of aromatic nitrogens is 1. The number of methoxy groups -OCH3 is 1. The van der Waals surface area contributed by atoms with Crippen LogP contribution in [0.15, 0.2) is 57.9 Å². The second-order valence-electron chi connectivity index (χ2n) is 5.65. The second-order valence-corrected chi connectivity index (χ2v) is 7.38. The molecule has 136 valence electrons. The van der Waals surface area contributed by atoms with Crippen LogP contribution in [0.5, 0.6) is 5.75 Å². The lowest BCUT2D eigenvalue weighted by Gasteiger charge is -2.12. The molecule has 0 spiro atoms. The van der Waals surface area contributed by atoms with Gasteiger partial charge >= 0.3 is 0 Å². The number of hydrogen-bond acceptors (Lipinski definition) is 5. The van der Waals surface area contributed by atoms with Gasteiger partial charge in [0, 0.05) is 18.2 Å². The first-order valence-electron chi connectivity index (χ1n) is 7.75. The number of hydrogen-bond donors (Lipinski definition) is 1. The van der Waals surface area contributed by atoms with E-state index in [2.05, 4.69) is 9.88 Å². The van der Waals surface area contributed by atoms with Gasteiger partial charge in [-0.3, -0.25) is 0 Å². The van der Waals surface area contributed by atoms with Crippen molar-refractivity contribution < 1.29 is 22.1 Å². The van der Waals surface area contributed by atoms with Crippen LogP contribution in [0.25, 0.3) is 11.3 Å². The molecule has 3 rings (SSSR count). The summed E-state index contributed by atoms with van der Waals surface area (Å²) in [5.41, 5.74) is 2.01. The Labute approximate surface area is 150 Å². The number of sulfonamides is 1. The molecule has 0 atom stereocenters. The van der Waals surface area contributed by atoms with E-state index in [0.29, 0.717) is 16.9 Å². The number of aryl methyl sites for hydroxylation is 1. The van der Waals surface area contributed by atoms with Gasteiger partial charge in [0.1, 0.15) is 16.5 Å². The Hall–Kier alpha value is -2.71. The van der Waals surface area contributed by atoms with E-state index < -0.39 is 10.0 Å². The van der Waals surface area contributed by atoms with Crippen molar-refractivity contribution in [1.82, 2.24) is 9.88 Å². The Kier molecular flexibility index (Phi) is 5.06. The van der Waals surface area contributed by atoms with Crippen molar-refractivity contribution in [1.29, 1.82) is 0 Å². The van der Waals surface area contributed by atoms with E-state index in [4.69, 9.17) is 9.26 Å². The first-order valence-corrected chi connectivity index (χ1v) is 9.23. The summed E-state index contributed by atoms with van der Waals surface area (Å²) >= 11 is 0. The Balaban J connectivity index is 1.85. The predicted octanol–water partition coefficient (Wildman–Crippen LogP) is 3.28. The molecule has 0 amide bonds. The predicted molar refractivity (Wildman–Crippen MR) is 93.7 cm³/mol.